The molecule has 1 fully saturated rings. The zero-order valence-electron chi connectivity index (χ0n) is 18.3. The van der Waals surface area contributed by atoms with Crippen molar-refractivity contribution < 1.29 is 13.2 Å². The minimum absolute atomic E-state index is 0.00118. The molecule has 1 amide bonds. The molecule has 2 aromatic carbocycles. The third-order valence-corrected chi connectivity index (χ3v) is 6.80. The fourth-order valence-electron chi connectivity index (χ4n) is 3.52. The molecule has 0 saturated carbocycles. The number of carbonyl (C=O) groups is 1. The van der Waals surface area contributed by atoms with E-state index in [1.165, 1.54) is 30.9 Å². The van der Waals surface area contributed by atoms with Gasteiger partial charge in [-0.05, 0) is 86.1 Å². The Labute approximate surface area is 203 Å². The van der Waals surface area contributed by atoms with Gasteiger partial charge >= 0.3 is 0 Å². The van der Waals surface area contributed by atoms with Gasteiger partial charge in [0.15, 0.2) is 5.11 Å². The normalized spacial score (nSPS) is 13.7. The Morgan fingerprint density at radius 3 is 2.00 bits per heavy atom. The Morgan fingerprint density at radius 1 is 0.853 bits per heavy atom. The van der Waals surface area contributed by atoms with E-state index < -0.39 is 10.0 Å². The number of piperidine rings is 1. The number of hydrogen-bond acceptors (Lipinski definition) is 6. The number of anilines is 3. The van der Waals surface area contributed by atoms with Gasteiger partial charge in [0.2, 0.25) is 5.95 Å². The highest BCUT2D eigenvalue weighted by Crippen LogP contribution is 2.18. The van der Waals surface area contributed by atoms with Crippen molar-refractivity contribution in [2.75, 3.05) is 28.4 Å². The number of benzene rings is 2. The number of nitrogens with zero attached hydrogens (tertiary/aromatic N) is 3. The maximum atomic E-state index is 12.6. The lowest BCUT2D eigenvalue weighted by Crippen LogP contribution is -2.35. The van der Waals surface area contributed by atoms with Gasteiger partial charge in [0.1, 0.15) is 0 Å². The van der Waals surface area contributed by atoms with Crippen molar-refractivity contribution in [1.29, 1.82) is 0 Å². The van der Waals surface area contributed by atoms with Gasteiger partial charge in [-0.1, -0.05) is 0 Å². The van der Waals surface area contributed by atoms with Crippen LogP contribution in [0.2, 0.25) is 0 Å². The van der Waals surface area contributed by atoms with Crippen LogP contribution in [-0.2, 0) is 10.0 Å². The molecule has 11 heteroatoms. The van der Waals surface area contributed by atoms with Crippen LogP contribution < -0.4 is 15.4 Å². The van der Waals surface area contributed by atoms with E-state index in [2.05, 4.69) is 25.3 Å². The van der Waals surface area contributed by atoms with Crippen LogP contribution in [0.25, 0.3) is 0 Å². The Bertz CT molecular complexity index is 1240. The summed E-state index contributed by atoms with van der Waals surface area (Å²) in [6.07, 6.45) is 6.18. The lowest BCUT2D eigenvalue weighted by molar-refractivity contribution is 0.0724. The van der Waals surface area contributed by atoms with Gasteiger partial charge in [-0.15, -0.1) is 0 Å². The van der Waals surface area contributed by atoms with Crippen LogP contribution in [0.15, 0.2) is 71.9 Å². The highest BCUT2D eigenvalue weighted by atomic mass is 32.2. The van der Waals surface area contributed by atoms with Crippen LogP contribution in [0.5, 0.6) is 0 Å². The number of amides is 1. The zero-order valence-corrected chi connectivity index (χ0v) is 19.9. The molecule has 1 aliphatic heterocycles. The van der Waals surface area contributed by atoms with Crippen LogP contribution in [-0.4, -0.2) is 47.4 Å². The maximum Gasteiger partial charge on any atom is 0.264 e. The van der Waals surface area contributed by atoms with Gasteiger partial charge in [0.25, 0.3) is 15.9 Å². The molecule has 0 radical (unpaired) electrons. The molecule has 0 spiro atoms. The molecule has 3 N–H and O–H groups in total. The van der Waals surface area contributed by atoms with Crippen LogP contribution in [0, 0.1) is 0 Å². The van der Waals surface area contributed by atoms with Crippen LogP contribution >= 0.6 is 12.2 Å². The second-order valence-corrected chi connectivity index (χ2v) is 9.80. The number of rotatable bonds is 6. The minimum atomic E-state index is -3.81. The predicted octanol–water partition coefficient (Wildman–Crippen LogP) is 3.71. The summed E-state index contributed by atoms with van der Waals surface area (Å²) in [5, 5.41) is 6.41. The fraction of sp³-hybridized carbons (Fsp3) is 0.217. The zero-order chi connectivity index (χ0) is 24.0. The molecule has 0 unspecified atom stereocenters. The average Bonchev–Trinajstić information content (AvgIpc) is 2.85. The molecule has 34 heavy (non-hydrogen) atoms. The number of hydrogen-bond donors (Lipinski definition) is 3. The number of likely N-dealkylation sites (tertiary alicyclic amines) is 1. The molecular formula is C23H24N6O3S2. The minimum Gasteiger partial charge on any atom is -0.339 e. The molecule has 9 nitrogen and oxygen atoms in total. The van der Waals surface area contributed by atoms with Gasteiger partial charge in [-0.2, -0.15) is 0 Å². The summed E-state index contributed by atoms with van der Waals surface area (Å²) in [7, 11) is -3.81. The van der Waals surface area contributed by atoms with Crippen LogP contribution in [0.4, 0.5) is 17.3 Å². The summed E-state index contributed by atoms with van der Waals surface area (Å²) in [4.78, 5) is 22.3. The SMILES string of the molecule is O=C(c1ccc(NC(=S)Nc2ccc(S(=O)(=O)Nc3ncccn3)cc2)cc1)N1CCCCC1. The van der Waals surface area contributed by atoms with E-state index in [-0.39, 0.29) is 16.8 Å². The molecule has 0 atom stereocenters. The van der Waals surface area contributed by atoms with E-state index in [4.69, 9.17) is 12.2 Å². The summed E-state index contributed by atoms with van der Waals surface area (Å²) in [5.41, 5.74) is 2.00. The van der Waals surface area contributed by atoms with E-state index in [0.29, 0.717) is 16.4 Å². The monoisotopic (exact) mass is 496 g/mol. The van der Waals surface area contributed by atoms with Crippen molar-refractivity contribution >= 4 is 50.6 Å². The molecule has 4 rings (SSSR count). The molecular weight excluding hydrogens is 472 g/mol. The van der Waals surface area contributed by atoms with Crippen molar-refractivity contribution in [2.45, 2.75) is 24.2 Å². The highest BCUT2D eigenvalue weighted by molar-refractivity contribution is 7.92. The number of thiocarbonyl (C=S) groups is 1. The van der Waals surface area contributed by atoms with E-state index in [9.17, 15) is 13.2 Å². The Morgan fingerprint density at radius 2 is 1.41 bits per heavy atom. The highest BCUT2D eigenvalue weighted by Gasteiger charge is 2.18. The lowest BCUT2D eigenvalue weighted by Gasteiger charge is -2.26. The first-order valence-electron chi connectivity index (χ1n) is 10.8. The topological polar surface area (TPSA) is 116 Å². The fourth-order valence-corrected chi connectivity index (χ4v) is 4.71. The predicted molar refractivity (Wildman–Crippen MR) is 135 cm³/mol. The number of nitrogens with one attached hydrogen (secondary N) is 3. The Kier molecular flexibility index (Phi) is 7.33. The average molecular weight is 497 g/mol. The summed E-state index contributed by atoms with van der Waals surface area (Å²) >= 11 is 5.35. The van der Waals surface area contributed by atoms with E-state index in [1.54, 1.807) is 42.5 Å². The summed E-state index contributed by atoms with van der Waals surface area (Å²) in [5.74, 6) is 0.0500. The van der Waals surface area contributed by atoms with Crippen molar-refractivity contribution in [3.05, 3.63) is 72.6 Å². The maximum absolute atomic E-state index is 12.6. The second-order valence-electron chi connectivity index (χ2n) is 7.71. The summed E-state index contributed by atoms with van der Waals surface area (Å²) < 4.78 is 27.3. The van der Waals surface area contributed by atoms with Crippen molar-refractivity contribution in [3.8, 4) is 0 Å². The third-order valence-electron chi connectivity index (χ3n) is 5.25. The van der Waals surface area contributed by atoms with Crippen molar-refractivity contribution in [3.63, 3.8) is 0 Å². The van der Waals surface area contributed by atoms with Gasteiger partial charge in [-0.25, -0.2) is 23.1 Å². The lowest BCUT2D eigenvalue weighted by atomic mass is 10.1. The number of carbonyl (C=O) groups excluding carboxylic acids is 1. The molecule has 3 aromatic rings. The standard InChI is InChI=1S/C23H24N6O3S2/c30-21(29-15-2-1-3-16-29)17-5-7-18(8-6-17)26-23(33)27-19-9-11-20(12-10-19)34(31,32)28-22-24-13-4-14-25-22/h4-14H,1-3,15-16H2,(H,24,25,28)(H2,26,27,33). The second kappa shape index (κ2) is 10.6. The molecule has 2 heterocycles. The first kappa shape index (κ1) is 23.6. The van der Waals surface area contributed by atoms with Gasteiger partial charge in [0.05, 0.1) is 4.90 Å². The van der Waals surface area contributed by atoms with Gasteiger partial charge in [-0.3, -0.25) is 4.79 Å². The Balaban J connectivity index is 1.32. The van der Waals surface area contributed by atoms with E-state index in [1.807, 2.05) is 4.90 Å². The smallest absolute Gasteiger partial charge is 0.264 e. The molecule has 0 bridgehead atoms. The van der Waals surface area contributed by atoms with Gasteiger partial charge in [0, 0.05) is 42.4 Å². The molecule has 1 aromatic heterocycles. The van der Waals surface area contributed by atoms with E-state index in [0.717, 1.165) is 31.6 Å². The number of sulfonamides is 1. The van der Waals surface area contributed by atoms with Crippen molar-refractivity contribution in [2.24, 2.45) is 0 Å². The summed E-state index contributed by atoms with van der Waals surface area (Å²) in [6.45, 7) is 1.62. The van der Waals surface area contributed by atoms with Gasteiger partial charge < -0.3 is 15.5 Å². The molecule has 0 aliphatic carbocycles. The quantitative estimate of drug-likeness (QED) is 0.442. The molecule has 1 aliphatic rings. The molecule has 176 valence electrons. The van der Waals surface area contributed by atoms with E-state index >= 15 is 0 Å². The largest absolute Gasteiger partial charge is 0.339 e. The summed E-state index contributed by atoms with van der Waals surface area (Å²) in [6, 6.07) is 14.9. The van der Waals surface area contributed by atoms with Crippen LogP contribution in [0.1, 0.15) is 29.6 Å². The third kappa shape index (κ3) is 6.06. The van der Waals surface area contributed by atoms with Crippen LogP contribution in [0.3, 0.4) is 0 Å². The van der Waals surface area contributed by atoms with Crippen molar-refractivity contribution in [1.82, 2.24) is 14.9 Å². The first-order valence-corrected chi connectivity index (χ1v) is 12.7. The molecule has 1 saturated heterocycles. The Hall–Kier alpha value is -3.57. The first-order chi connectivity index (χ1) is 16.4. The number of aromatic nitrogens is 2.